The Morgan fingerprint density at radius 1 is 1.31 bits per heavy atom. The average Bonchev–Trinajstić information content (AvgIpc) is 2.29. The zero-order valence-electron chi connectivity index (χ0n) is 9.74. The van der Waals surface area contributed by atoms with Gasteiger partial charge in [0.25, 0.3) is 0 Å². The van der Waals surface area contributed by atoms with Crippen LogP contribution in [0, 0.1) is 0 Å². The fourth-order valence-corrected chi connectivity index (χ4v) is 2.33. The van der Waals surface area contributed by atoms with E-state index in [0.29, 0.717) is 0 Å². The summed E-state index contributed by atoms with van der Waals surface area (Å²) in [6.07, 6.45) is 4.57. The summed E-state index contributed by atoms with van der Waals surface area (Å²) in [5, 5.41) is 0. The number of rotatable bonds is 5. The molecule has 86 valence electrons. The Labute approximate surface area is 96.6 Å². The van der Waals surface area contributed by atoms with Crippen LogP contribution in [0.15, 0.2) is 24.3 Å². The summed E-state index contributed by atoms with van der Waals surface area (Å²) in [6, 6.07) is 7.94. The minimum Gasteiger partial charge on any atom is -0.381 e. The Kier molecular flexibility index (Phi) is 3.39. The molecular weight excluding hydrogens is 200 g/mol. The van der Waals surface area contributed by atoms with Gasteiger partial charge in [0, 0.05) is 17.6 Å². The Bertz CT molecular complexity index is 350. The molecule has 2 nitrogen and oxygen atoms in total. The van der Waals surface area contributed by atoms with E-state index in [1.165, 1.54) is 24.8 Å². The third-order valence-electron chi connectivity index (χ3n) is 3.55. The first kappa shape index (κ1) is 11.3. The third-order valence-corrected chi connectivity index (χ3v) is 3.55. The van der Waals surface area contributed by atoms with Crippen LogP contribution in [0.1, 0.15) is 42.1 Å². The molecule has 0 amide bonds. The minimum atomic E-state index is 0.220. The van der Waals surface area contributed by atoms with Gasteiger partial charge in [-0.3, -0.25) is 4.79 Å². The highest BCUT2D eigenvalue weighted by molar-refractivity contribution is 5.74. The van der Waals surface area contributed by atoms with Crippen LogP contribution in [0.25, 0.3) is 0 Å². The first-order valence-corrected chi connectivity index (χ1v) is 5.94. The zero-order valence-corrected chi connectivity index (χ0v) is 9.74. The van der Waals surface area contributed by atoms with Crippen molar-refractivity contribution in [3.8, 4) is 0 Å². The highest BCUT2D eigenvalue weighted by Gasteiger charge is 2.38. The lowest BCUT2D eigenvalue weighted by Crippen LogP contribution is -2.39. The summed E-state index contributed by atoms with van der Waals surface area (Å²) in [4.78, 5) is 10.6. The zero-order chi connectivity index (χ0) is 11.4. The quantitative estimate of drug-likeness (QED) is 0.710. The molecule has 1 aromatic carbocycles. The molecule has 0 heterocycles. The lowest BCUT2D eigenvalue weighted by Gasteiger charge is -2.42. The summed E-state index contributed by atoms with van der Waals surface area (Å²) in [5.74, 6) is 0. The Morgan fingerprint density at radius 3 is 2.44 bits per heavy atom. The minimum absolute atomic E-state index is 0.220. The molecule has 0 spiro atoms. The molecule has 0 bridgehead atoms. The maximum atomic E-state index is 10.6. The molecular formula is C14H18O2. The van der Waals surface area contributed by atoms with Crippen molar-refractivity contribution in [1.29, 1.82) is 0 Å². The Balaban J connectivity index is 2.16. The molecule has 1 aromatic rings. The molecule has 2 rings (SSSR count). The van der Waals surface area contributed by atoms with Crippen molar-refractivity contribution < 1.29 is 9.53 Å². The molecule has 16 heavy (non-hydrogen) atoms. The number of carbonyl (C=O) groups excluding carboxylic acids is 1. The topological polar surface area (TPSA) is 26.3 Å². The second-order valence-corrected chi connectivity index (χ2v) is 4.51. The van der Waals surface area contributed by atoms with Crippen LogP contribution in [0.2, 0.25) is 0 Å². The number of carbonyl (C=O) groups is 1. The number of aldehydes is 1. The van der Waals surface area contributed by atoms with Gasteiger partial charge in [0.05, 0.1) is 6.61 Å². The largest absolute Gasteiger partial charge is 0.381 e. The van der Waals surface area contributed by atoms with E-state index in [-0.39, 0.29) is 5.41 Å². The molecule has 0 aliphatic heterocycles. The van der Waals surface area contributed by atoms with Gasteiger partial charge in [-0.1, -0.05) is 30.7 Å². The van der Waals surface area contributed by atoms with E-state index in [9.17, 15) is 4.79 Å². The predicted octanol–water partition coefficient (Wildman–Crippen LogP) is 2.96. The van der Waals surface area contributed by atoms with Gasteiger partial charge in [-0.2, -0.15) is 0 Å². The first-order chi connectivity index (χ1) is 7.80. The van der Waals surface area contributed by atoms with Crippen LogP contribution < -0.4 is 0 Å². The molecule has 1 aliphatic rings. The van der Waals surface area contributed by atoms with Crippen LogP contribution in [0.3, 0.4) is 0 Å². The summed E-state index contributed by atoms with van der Waals surface area (Å²) in [6.45, 7) is 3.61. The highest BCUT2D eigenvalue weighted by atomic mass is 16.5. The fourth-order valence-electron chi connectivity index (χ4n) is 2.33. The van der Waals surface area contributed by atoms with Gasteiger partial charge < -0.3 is 4.74 Å². The maximum absolute atomic E-state index is 10.6. The monoisotopic (exact) mass is 218 g/mol. The van der Waals surface area contributed by atoms with E-state index in [0.717, 1.165) is 25.1 Å². The second-order valence-electron chi connectivity index (χ2n) is 4.51. The second kappa shape index (κ2) is 4.79. The summed E-state index contributed by atoms with van der Waals surface area (Å²) < 4.78 is 5.58. The van der Waals surface area contributed by atoms with Crippen molar-refractivity contribution in [1.82, 2.24) is 0 Å². The number of hydrogen-bond donors (Lipinski definition) is 0. The van der Waals surface area contributed by atoms with E-state index < -0.39 is 0 Å². The number of ether oxygens (including phenoxy) is 1. The van der Waals surface area contributed by atoms with Crippen LogP contribution in [-0.4, -0.2) is 19.5 Å². The Morgan fingerprint density at radius 2 is 2.00 bits per heavy atom. The smallest absolute Gasteiger partial charge is 0.150 e. The van der Waals surface area contributed by atoms with Gasteiger partial charge in [0.2, 0.25) is 0 Å². The van der Waals surface area contributed by atoms with Crippen molar-refractivity contribution in [3.05, 3.63) is 35.4 Å². The number of hydrogen-bond acceptors (Lipinski definition) is 2. The normalized spacial score (nSPS) is 17.8. The van der Waals surface area contributed by atoms with Gasteiger partial charge in [-0.15, -0.1) is 0 Å². The summed E-state index contributed by atoms with van der Waals surface area (Å²) in [5.41, 5.74) is 2.28. The Hall–Kier alpha value is -1.15. The molecule has 0 atom stereocenters. The van der Waals surface area contributed by atoms with Crippen molar-refractivity contribution in [3.63, 3.8) is 0 Å². The molecule has 2 heteroatoms. The molecule has 0 aromatic heterocycles. The van der Waals surface area contributed by atoms with Crippen molar-refractivity contribution >= 4 is 6.29 Å². The van der Waals surface area contributed by atoms with E-state index >= 15 is 0 Å². The van der Waals surface area contributed by atoms with E-state index in [1.807, 2.05) is 19.1 Å². The van der Waals surface area contributed by atoms with Crippen LogP contribution in [0.4, 0.5) is 0 Å². The van der Waals surface area contributed by atoms with Crippen LogP contribution >= 0.6 is 0 Å². The van der Waals surface area contributed by atoms with Gasteiger partial charge in [-0.05, 0) is 25.3 Å². The highest BCUT2D eigenvalue weighted by Crippen LogP contribution is 2.43. The van der Waals surface area contributed by atoms with Crippen molar-refractivity contribution in [2.45, 2.75) is 31.6 Å². The molecule has 0 N–H and O–H groups in total. The third kappa shape index (κ3) is 2.03. The average molecular weight is 218 g/mol. The fraction of sp³-hybridized carbons (Fsp3) is 0.500. The maximum Gasteiger partial charge on any atom is 0.150 e. The molecule has 0 unspecified atom stereocenters. The molecule has 1 saturated carbocycles. The summed E-state index contributed by atoms with van der Waals surface area (Å²) in [7, 11) is 0. The van der Waals surface area contributed by atoms with E-state index in [2.05, 4.69) is 12.1 Å². The predicted molar refractivity (Wildman–Crippen MR) is 63.9 cm³/mol. The van der Waals surface area contributed by atoms with Crippen molar-refractivity contribution in [2.24, 2.45) is 0 Å². The molecule has 1 aliphatic carbocycles. The molecule has 1 fully saturated rings. The first-order valence-electron chi connectivity index (χ1n) is 5.94. The van der Waals surface area contributed by atoms with Crippen molar-refractivity contribution in [2.75, 3.05) is 13.2 Å². The summed E-state index contributed by atoms with van der Waals surface area (Å²) >= 11 is 0. The van der Waals surface area contributed by atoms with Gasteiger partial charge >= 0.3 is 0 Å². The number of benzene rings is 1. The molecule has 0 saturated heterocycles. The van der Waals surface area contributed by atoms with Crippen LogP contribution in [-0.2, 0) is 10.2 Å². The molecule has 0 radical (unpaired) electrons. The lowest BCUT2D eigenvalue weighted by atomic mass is 9.65. The van der Waals surface area contributed by atoms with Gasteiger partial charge in [-0.25, -0.2) is 0 Å². The lowest BCUT2D eigenvalue weighted by molar-refractivity contribution is 0.0522. The SMILES string of the molecule is CCOCC1(c2ccc(C=O)cc2)CCC1. The van der Waals surface area contributed by atoms with E-state index in [4.69, 9.17) is 4.74 Å². The van der Waals surface area contributed by atoms with Gasteiger partial charge in [0.15, 0.2) is 0 Å². The van der Waals surface area contributed by atoms with E-state index in [1.54, 1.807) is 0 Å². The van der Waals surface area contributed by atoms with Crippen LogP contribution in [0.5, 0.6) is 0 Å². The van der Waals surface area contributed by atoms with Gasteiger partial charge in [0.1, 0.15) is 6.29 Å². The standard InChI is InChI=1S/C14H18O2/c1-2-16-11-14(8-3-9-14)13-6-4-12(10-15)5-7-13/h4-7,10H,2-3,8-9,11H2,1H3.